The molecule has 1 N–H and O–H groups in total. The Morgan fingerprint density at radius 3 is 3.00 bits per heavy atom. The third-order valence-electron chi connectivity index (χ3n) is 3.19. The molecule has 0 fully saturated rings. The highest BCUT2D eigenvalue weighted by Gasteiger charge is 2.11. The predicted molar refractivity (Wildman–Crippen MR) is 83.7 cm³/mol. The molecular formula is C14H17N5OS. The molecule has 0 saturated heterocycles. The van der Waals surface area contributed by atoms with Gasteiger partial charge in [0.05, 0.1) is 0 Å². The molecular weight excluding hydrogens is 286 g/mol. The zero-order chi connectivity index (χ0) is 14.7. The number of ether oxygens (including phenoxy) is 1. The van der Waals surface area contributed by atoms with Crippen molar-refractivity contribution in [3.63, 3.8) is 0 Å². The van der Waals surface area contributed by atoms with Gasteiger partial charge in [-0.3, -0.25) is 0 Å². The van der Waals surface area contributed by atoms with E-state index in [1.54, 1.807) is 23.0 Å². The molecule has 110 valence electrons. The summed E-state index contributed by atoms with van der Waals surface area (Å²) in [6.07, 6.45) is 0.926. The van der Waals surface area contributed by atoms with Crippen LogP contribution in [0.3, 0.4) is 0 Å². The van der Waals surface area contributed by atoms with Crippen molar-refractivity contribution in [2.45, 2.75) is 19.4 Å². The molecule has 3 rings (SSSR count). The summed E-state index contributed by atoms with van der Waals surface area (Å²) >= 11 is 1.63. The lowest BCUT2D eigenvalue weighted by Gasteiger charge is -2.13. The van der Waals surface area contributed by atoms with Crippen molar-refractivity contribution in [3.8, 4) is 11.4 Å². The summed E-state index contributed by atoms with van der Waals surface area (Å²) in [5.74, 6) is 1.57. The lowest BCUT2D eigenvalue weighted by molar-refractivity contribution is 0.191. The van der Waals surface area contributed by atoms with Gasteiger partial charge >= 0.3 is 0 Å². The molecule has 0 aliphatic rings. The Hall–Kier alpha value is -1.99. The maximum absolute atomic E-state index is 5.09. The van der Waals surface area contributed by atoms with E-state index in [1.807, 2.05) is 29.0 Å². The monoisotopic (exact) mass is 303 g/mol. The molecule has 0 radical (unpaired) electrons. The van der Waals surface area contributed by atoms with Crippen molar-refractivity contribution in [3.05, 3.63) is 29.0 Å². The van der Waals surface area contributed by atoms with Crippen molar-refractivity contribution < 1.29 is 4.74 Å². The molecule has 0 aromatic carbocycles. The van der Waals surface area contributed by atoms with E-state index in [4.69, 9.17) is 4.74 Å². The van der Waals surface area contributed by atoms with E-state index in [2.05, 4.69) is 27.5 Å². The highest BCUT2D eigenvalue weighted by Crippen LogP contribution is 2.21. The second kappa shape index (κ2) is 6.19. The number of hydrogen-bond acceptors (Lipinski definition) is 6. The van der Waals surface area contributed by atoms with E-state index in [0.29, 0.717) is 0 Å². The van der Waals surface area contributed by atoms with Crippen LogP contribution >= 0.6 is 11.3 Å². The number of hydrogen-bond donors (Lipinski definition) is 1. The normalized spacial score (nSPS) is 12.7. The minimum absolute atomic E-state index is 0.288. The minimum Gasteiger partial charge on any atom is -0.385 e. The summed E-state index contributed by atoms with van der Waals surface area (Å²) in [6.45, 7) is 2.83. The lowest BCUT2D eigenvalue weighted by Crippen LogP contribution is -2.18. The smallest absolute Gasteiger partial charge is 0.186 e. The average Bonchev–Trinajstić information content (AvgIpc) is 3.13. The Balaban J connectivity index is 1.87. The molecule has 0 aliphatic heterocycles. The van der Waals surface area contributed by atoms with Crippen LogP contribution in [-0.4, -0.2) is 39.6 Å². The first-order valence-corrected chi connectivity index (χ1v) is 7.72. The molecule has 0 saturated carbocycles. The van der Waals surface area contributed by atoms with Crippen molar-refractivity contribution in [2.24, 2.45) is 0 Å². The molecule has 0 amide bonds. The van der Waals surface area contributed by atoms with Crippen LogP contribution < -0.4 is 5.32 Å². The molecule has 0 aliphatic carbocycles. The Labute approximate surface area is 126 Å². The highest BCUT2D eigenvalue weighted by molar-refractivity contribution is 7.08. The first-order valence-electron chi connectivity index (χ1n) is 6.78. The first-order chi connectivity index (χ1) is 10.3. The predicted octanol–water partition coefficient (Wildman–Crippen LogP) is 2.69. The number of methoxy groups -OCH3 is 1. The topological polar surface area (TPSA) is 64.3 Å². The van der Waals surface area contributed by atoms with E-state index in [0.717, 1.165) is 35.9 Å². The number of nitrogens with one attached hydrogen (secondary N) is 1. The maximum atomic E-state index is 5.09. The zero-order valence-corrected chi connectivity index (χ0v) is 12.8. The second-order valence-corrected chi connectivity index (χ2v) is 5.63. The van der Waals surface area contributed by atoms with Crippen LogP contribution in [0.4, 0.5) is 5.82 Å². The molecule has 0 bridgehead atoms. The standard InChI is InChI=1S/C14H17N5OS/c1-10(5-7-20-2)15-12-3-4-13-16-17-14(19(13)18-12)11-6-8-21-9-11/h3-4,6,8-10H,5,7H2,1-2H3,(H,15,18). The van der Waals surface area contributed by atoms with Crippen molar-refractivity contribution >= 4 is 22.8 Å². The highest BCUT2D eigenvalue weighted by atomic mass is 32.1. The van der Waals surface area contributed by atoms with Crippen molar-refractivity contribution in [1.82, 2.24) is 19.8 Å². The number of anilines is 1. The number of aromatic nitrogens is 4. The number of rotatable bonds is 6. The van der Waals surface area contributed by atoms with Gasteiger partial charge in [-0.15, -0.1) is 15.3 Å². The Morgan fingerprint density at radius 2 is 2.24 bits per heavy atom. The van der Waals surface area contributed by atoms with Gasteiger partial charge in [0.15, 0.2) is 11.5 Å². The zero-order valence-electron chi connectivity index (χ0n) is 12.0. The van der Waals surface area contributed by atoms with Crippen LogP contribution in [-0.2, 0) is 4.74 Å². The van der Waals surface area contributed by atoms with Crippen LogP contribution in [0.15, 0.2) is 29.0 Å². The summed E-state index contributed by atoms with van der Waals surface area (Å²) in [5.41, 5.74) is 1.77. The second-order valence-electron chi connectivity index (χ2n) is 4.85. The van der Waals surface area contributed by atoms with Crippen LogP contribution in [0, 0.1) is 0 Å². The summed E-state index contributed by atoms with van der Waals surface area (Å²) in [7, 11) is 1.71. The first kappa shape index (κ1) is 14.0. The Bertz CT molecular complexity index is 709. The van der Waals surface area contributed by atoms with Gasteiger partial charge in [0.2, 0.25) is 0 Å². The van der Waals surface area contributed by atoms with Crippen LogP contribution in [0.1, 0.15) is 13.3 Å². The average molecular weight is 303 g/mol. The molecule has 7 heteroatoms. The quantitative estimate of drug-likeness (QED) is 0.758. The van der Waals surface area contributed by atoms with Gasteiger partial charge in [0.25, 0.3) is 0 Å². The minimum atomic E-state index is 0.288. The van der Waals surface area contributed by atoms with Gasteiger partial charge in [-0.1, -0.05) is 0 Å². The Kier molecular flexibility index (Phi) is 4.12. The van der Waals surface area contributed by atoms with Gasteiger partial charge in [0, 0.05) is 30.7 Å². The van der Waals surface area contributed by atoms with E-state index in [1.165, 1.54) is 0 Å². The van der Waals surface area contributed by atoms with Crippen LogP contribution in [0.25, 0.3) is 17.0 Å². The van der Waals surface area contributed by atoms with E-state index >= 15 is 0 Å². The van der Waals surface area contributed by atoms with Crippen LogP contribution in [0.2, 0.25) is 0 Å². The fourth-order valence-electron chi connectivity index (χ4n) is 2.06. The molecule has 0 spiro atoms. The lowest BCUT2D eigenvalue weighted by atomic mass is 10.2. The van der Waals surface area contributed by atoms with Gasteiger partial charge < -0.3 is 10.1 Å². The molecule has 1 atom stereocenters. The molecule has 3 heterocycles. The van der Waals surface area contributed by atoms with Crippen LogP contribution in [0.5, 0.6) is 0 Å². The van der Waals surface area contributed by atoms with Gasteiger partial charge in [-0.2, -0.15) is 15.9 Å². The number of thiophene rings is 1. The fourth-order valence-corrected chi connectivity index (χ4v) is 2.69. The van der Waals surface area contributed by atoms with Crippen molar-refractivity contribution in [2.75, 3.05) is 19.0 Å². The summed E-state index contributed by atoms with van der Waals surface area (Å²) in [6, 6.07) is 6.15. The maximum Gasteiger partial charge on any atom is 0.186 e. The fraction of sp³-hybridized carbons (Fsp3) is 0.357. The van der Waals surface area contributed by atoms with E-state index in [9.17, 15) is 0 Å². The third-order valence-corrected chi connectivity index (χ3v) is 3.87. The van der Waals surface area contributed by atoms with E-state index in [-0.39, 0.29) is 6.04 Å². The molecule has 21 heavy (non-hydrogen) atoms. The molecule has 3 aromatic heterocycles. The molecule has 6 nitrogen and oxygen atoms in total. The van der Waals surface area contributed by atoms with Gasteiger partial charge in [-0.25, -0.2) is 0 Å². The van der Waals surface area contributed by atoms with Gasteiger partial charge in [-0.05, 0) is 36.9 Å². The largest absolute Gasteiger partial charge is 0.385 e. The SMILES string of the molecule is COCCC(C)Nc1ccc2nnc(-c3ccsc3)n2n1. The van der Waals surface area contributed by atoms with Crippen molar-refractivity contribution in [1.29, 1.82) is 0 Å². The van der Waals surface area contributed by atoms with E-state index < -0.39 is 0 Å². The number of fused-ring (bicyclic) bond motifs is 1. The number of nitrogens with zero attached hydrogens (tertiary/aromatic N) is 4. The van der Waals surface area contributed by atoms with Gasteiger partial charge in [0.1, 0.15) is 5.82 Å². The Morgan fingerprint density at radius 1 is 1.33 bits per heavy atom. The summed E-state index contributed by atoms with van der Waals surface area (Å²) in [4.78, 5) is 0. The molecule has 3 aromatic rings. The third kappa shape index (κ3) is 3.03. The summed E-state index contributed by atoms with van der Waals surface area (Å²) < 4.78 is 6.86. The molecule has 1 unspecified atom stereocenters. The summed E-state index contributed by atoms with van der Waals surface area (Å²) in [5, 5.41) is 20.4.